The Labute approximate surface area is 105 Å². The van der Waals surface area contributed by atoms with Gasteiger partial charge in [0.15, 0.2) is 0 Å². The van der Waals surface area contributed by atoms with Crippen molar-refractivity contribution < 1.29 is 14.3 Å². The molecule has 3 amide bonds. The normalized spacial score (nSPS) is 14.3. The highest BCUT2D eigenvalue weighted by Gasteiger charge is 2.23. The quantitative estimate of drug-likeness (QED) is 0.841. The Morgan fingerprint density at radius 2 is 2.33 bits per heavy atom. The molecule has 1 heterocycles. The van der Waals surface area contributed by atoms with E-state index in [0.29, 0.717) is 19.7 Å². The van der Waals surface area contributed by atoms with Crippen molar-refractivity contribution in [1.29, 1.82) is 0 Å². The predicted molar refractivity (Wildman–Crippen MR) is 66.4 cm³/mol. The molecular formula is C12H15N3O3. The van der Waals surface area contributed by atoms with Crippen molar-refractivity contribution in [3.8, 4) is 0 Å². The number of rotatable bonds is 3. The number of carbonyl (C=O) groups is 2. The maximum atomic E-state index is 11.4. The number of ether oxygens (including phenoxy) is 1. The van der Waals surface area contributed by atoms with Crippen molar-refractivity contribution in [2.24, 2.45) is 0 Å². The van der Waals surface area contributed by atoms with Crippen LogP contribution in [0, 0.1) is 0 Å². The van der Waals surface area contributed by atoms with Crippen LogP contribution in [0.1, 0.15) is 5.56 Å². The Kier molecular flexibility index (Phi) is 3.66. The van der Waals surface area contributed by atoms with E-state index in [0.717, 1.165) is 11.3 Å². The highest BCUT2D eigenvalue weighted by molar-refractivity contribution is 5.89. The van der Waals surface area contributed by atoms with Crippen molar-refractivity contribution in [1.82, 2.24) is 10.6 Å². The lowest BCUT2D eigenvalue weighted by Crippen LogP contribution is -2.32. The third kappa shape index (κ3) is 2.71. The molecule has 0 saturated carbocycles. The van der Waals surface area contributed by atoms with Crippen molar-refractivity contribution >= 4 is 17.8 Å². The number of benzene rings is 1. The smallest absolute Gasteiger partial charge is 0.414 e. The second-order valence-electron chi connectivity index (χ2n) is 3.87. The first-order chi connectivity index (χ1) is 8.70. The zero-order chi connectivity index (χ0) is 13.0. The molecule has 0 radical (unpaired) electrons. The van der Waals surface area contributed by atoms with Crippen LogP contribution in [0.25, 0.3) is 0 Å². The van der Waals surface area contributed by atoms with E-state index in [-0.39, 0.29) is 12.1 Å². The minimum absolute atomic E-state index is 0.235. The Morgan fingerprint density at radius 1 is 1.50 bits per heavy atom. The molecule has 1 aliphatic rings. The average Bonchev–Trinajstić information content (AvgIpc) is 2.82. The summed E-state index contributed by atoms with van der Waals surface area (Å²) in [6.45, 7) is 1.39. The first kappa shape index (κ1) is 12.2. The molecule has 1 aliphatic heterocycles. The SMILES string of the molecule is CNC(=O)NCc1cccc(N2CCOC2=O)c1. The molecule has 0 aromatic heterocycles. The van der Waals surface area contributed by atoms with E-state index in [2.05, 4.69) is 10.6 Å². The highest BCUT2D eigenvalue weighted by Crippen LogP contribution is 2.19. The van der Waals surface area contributed by atoms with Crippen LogP contribution < -0.4 is 15.5 Å². The molecule has 0 aliphatic carbocycles. The highest BCUT2D eigenvalue weighted by atomic mass is 16.6. The van der Waals surface area contributed by atoms with Crippen LogP contribution >= 0.6 is 0 Å². The van der Waals surface area contributed by atoms with Gasteiger partial charge in [-0.05, 0) is 17.7 Å². The number of hydrogen-bond acceptors (Lipinski definition) is 3. The monoisotopic (exact) mass is 249 g/mol. The summed E-state index contributed by atoms with van der Waals surface area (Å²) in [4.78, 5) is 24.1. The topological polar surface area (TPSA) is 70.7 Å². The van der Waals surface area contributed by atoms with Gasteiger partial charge in [-0.15, -0.1) is 0 Å². The van der Waals surface area contributed by atoms with E-state index in [1.807, 2.05) is 24.3 Å². The van der Waals surface area contributed by atoms with Crippen molar-refractivity contribution in [3.05, 3.63) is 29.8 Å². The first-order valence-electron chi connectivity index (χ1n) is 5.69. The van der Waals surface area contributed by atoms with Gasteiger partial charge in [0, 0.05) is 19.3 Å². The molecule has 1 aromatic carbocycles. The van der Waals surface area contributed by atoms with E-state index in [4.69, 9.17) is 4.74 Å². The molecule has 6 nitrogen and oxygen atoms in total. The van der Waals surface area contributed by atoms with E-state index < -0.39 is 0 Å². The Balaban J connectivity index is 2.05. The lowest BCUT2D eigenvalue weighted by Gasteiger charge is -2.14. The molecular weight excluding hydrogens is 234 g/mol. The molecule has 1 fully saturated rings. The number of nitrogens with zero attached hydrogens (tertiary/aromatic N) is 1. The third-order valence-corrected chi connectivity index (χ3v) is 2.66. The number of urea groups is 1. The van der Waals surface area contributed by atoms with Crippen LogP contribution in [0.5, 0.6) is 0 Å². The van der Waals surface area contributed by atoms with Gasteiger partial charge >= 0.3 is 12.1 Å². The molecule has 18 heavy (non-hydrogen) atoms. The van der Waals surface area contributed by atoms with Crippen LogP contribution in [0.2, 0.25) is 0 Å². The van der Waals surface area contributed by atoms with Gasteiger partial charge in [-0.3, -0.25) is 4.90 Å². The van der Waals surface area contributed by atoms with Crippen LogP contribution in [-0.2, 0) is 11.3 Å². The summed E-state index contributed by atoms with van der Waals surface area (Å²) in [7, 11) is 1.56. The van der Waals surface area contributed by atoms with Gasteiger partial charge in [-0.25, -0.2) is 9.59 Å². The standard InChI is InChI=1S/C12H15N3O3/c1-13-11(16)14-8-9-3-2-4-10(7-9)15-5-6-18-12(15)17/h2-4,7H,5-6,8H2,1H3,(H2,13,14,16). The third-order valence-electron chi connectivity index (χ3n) is 2.66. The van der Waals surface area contributed by atoms with Crippen LogP contribution in [0.3, 0.4) is 0 Å². The van der Waals surface area contributed by atoms with Crippen LogP contribution in [-0.4, -0.2) is 32.3 Å². The van der Waals surface area contributed by atoms with Crippen molar-refractivity contribution in [2.75, 3.05) is 25.1 Å². The van der Waals surface area contributed by atoms with Gasteiger partial charge < -0.3 is 15.4 Å². The Bertz CT molecular complexity index is 462. The van der Waals surface area contributed by atoms with E-state index in [9.17, 15) is 9.59 Å². The van der Waals surface area contributed by atoms with E-state index >= 15 is 0 Å². The molecule has 0 spiro atoms. The summed E-state index contributed by atoms with van der Waals surface area (Å²) in [5, 5.41) is 5.17. The fraction of sp³-hybridized carbons (Fsp3) is 0.333. The molecule has 0 bridgehead atoms. The number of carbonyl (C=O) groups excluding carboxylic acids is 2. The molecule has 2 rings (SSSR count). The molecule has 0 atom stereocenters. The summed E-state index contributed by atoms with van der Waals surface area (Å²) in [5.74, 6) is 0. The van der Waals surface area contributed by atoms with Gasteiger partial charge in [0.1, 0.15) is 6.61 Å². The Morgan fingerprint density at radius 3 is 3.00 bits per heavy atom. The minimum Gasteiger partial charge on any atom is -0.447 e. The molecule has 6 heteroatoms. The molecule has 1 saturated heterocycles. The summed E-state index contributed by atoms with van der Waals surface area (Å²) in [6, 6.07) is 7.21. The minimum atomic E-state index is -0.327. The van der Waals surface area contributed by atoms with Gasteiger partial charge in [0.2, 0.25) is 0 Å². The summed E-state index contributed by atoms with van der Waals surface area (Å²) >= 11 is 0. The second kappa shape index (κ2) is 5.39. The maximum absolute atomic E-state index is 11.4. The van der Waals surface area contributed by atoms with E-state index in [1.165, 1.54) is 0 Å². The van der Waals surface area contributed by atoms with Crippen molar-refractivity contribution in [2.45, 2.75) is 6.54 Å². The molecule has 96 valence electrons. The fourth-order valence-corrected chi connectivity index (χ4v) is 1.73. The lowest BCUT2D eigenvalue weighted by molar-refractivity contribution is 0.181. The number of nitrogens with one attached hydrogen (secondary N) is 2. The van der Waals surface area contributed by atoms with Gasteiger partial charge in [-0.1, -0.05) is 12.1 Å². The summed E-state index contributed by atoms with van der Waals surface area (Å²) < 4.78 is 4.88. The first-order valence-corrected chi connectivity index (χ1v) is 5.69. The maximum Gasteiger partial charge on any atom is 0.414 e. The second-order valence-corrected chi connectivity index (χ2v) is 3.87. The Hall–Kier alpha value is -2.24. The summed E-state index contributed by atoms with van der Waals surface area (Å²) in [5.41, 5.74) is 1.71. The van der Waals surface area contributed by atoms with E-state index in [1.54, 1.807) is 11.9 Å². The number of amides is 3. The van der Waals surface area contributed by atoms with Crippen LogP contribution in [0.4, 0.5) is 15.3 Å². The number of anilines is 1. The van der Waals surface area contributed by atoms with Gasteiger partial charge in [0.05, 0.1) is 6.54 Å². The van der Waals surface area contributed by atoms with Gasteiger partial charge in [0.25, 0.3) is 0 Å². The zero-order valence-electron chi connectivity index (χ0n) is 10.1. The lowest BCUT2D eigenvalue weighted by atomic mass is 10.2. The van der Waals surface area contributed by atoms with Gasteiger partial charge in [-0.2, -0.15) is 0 Å². The molecule has 2 N–H and O–H groups in total. The molecule has 1 aromatic rings. The number of cyclic esters (lactones) is 1. The molecule has 0 unspecified atom stereocenters. The summed E-state index contributed by atoms with van der Waals surface area (Å²) in [6.07, 6.45) is -0.327. The number of hydrogen-bond donors (Lipinski definition) is 2. The largest absolute Gasteiger partial charge is 0.447 e. The van der Waals surface area contributed by atoms with Crippen molar-refractivity contribution in [3.63, 3.8) is 0 Å². The predicted octanol–water partition coefficient (Wildman–Crippen LogP) is 1.07. The zero-order valence-corrected chi connectivity index (χ0v) is 10.1. The average molecular weight is 249 g/mol. The van der Waals surface area contributed by atoms with Crippen LogP contribution in [0.15, 0.2) is 24.3 Å². The fourth-order valence-electron chi connectivity index (χ4n) is 1.73.